The van der Waals surface area contributed by atoms with Gasteiger partial charge in [0.25, 0.3) is 0 Å². The second kappa shape index (κ2) is 5.76. The van der Waals surface area contributed by atoms with E-state index in [0.717, 1.165) is 22.3 Å². The summed E-state index contributed by atoms with van der Waals surface area (Å²) in [5.41, 5.74) is 4.29. The van der Waals surface area contributed by atoms with Crippen molar-refractivity contribution in [3.63, 3.8) is 0 Å². The highest BCUT2D eigenvalue weighted by Crippen LogP contribution is 2.34. The predicted octanol–water partition coefficient (Wildman–Crippen LogP) is 2.52. The monoisotopic (exact) mass is 243 g/mol. The fourth-order valence-corrected chi connectivity index (χ4v) is 2.23. The molecule has 1 atom stereocenters. The first-order valence-corrected chi connectivity index (χ1v) is 5.91. The Bertz CT molecular complexity index is 503. The van der Waals surface area contributed by atoms with E-state index in [1.807, 2.05) is 30.5 Å². The van der Waals surface area contributed by atoms with Crippen LogP contribution in [0.25, 0.3) is 5.57 Å². The topological polar surface area (TPSA) is 41.8 Å². The highest BCUT2D eigenvalue weighted by molar-refractivity contribution is 6.10. The lowest BCUT2D eigenvalue weighted by atomic mass is 9.95. The number of hydrogen-bond acceptors (Lipinski definition) is 3. The van der Waals surface area contributed by atoms with E-state index < -0.39 is 0 Å². The lowest BCUT2D eigenvalue weighted by Gasteiger charge is -2.09. The highest BCUT2D eigenvalue weighted by atomic mass is 16.5. The summed E-state index contributed by atoms with van der Waals surface area (Å²) in [5.74, 6) is 0. The van der Waals surface area contributed by atoms with Crippen LogP contribution in [0.15, 0.2) is 41.9 Å². The minimum absolute atomic E-state index is 0.0127. The zero-order valence-electron chi connectivity index (χ0n) is 10.5. The summed E-state index contributed by atoms with van der Waals surface area (Å²) in [5, 5.41) is 9.27. The van der Waals surface area contributed by atoms with Gasteiger partial charge in [-0.05, 0) is 22.3 Å². The van der Waals surface area contributed by atoms with E-state index in [0.29, 0.717) is 6.61 Å². The van der Waals surface area contributed by atoms with Gasteiger partial charge in [0.15, 0.2) is 0 Å². The van der Waals surface area contributed by atoms with Gasteiger partial charge in [0.1, 0.15) is 6.10 Å². The van der Waals surface area contributed by atoms with Crippen LogP contribution < -0.4 is 0 Å². The molecule has 1 aromatic carbocycles. The molecule has 0 saturated heterocycles. The molecule has 3 heteroatoms. The van der Waals surface area contributed by atoms with Crippen LogP contribution in [-0.2, 0) is 11.3 Å². The zero-order valence-corrected chi connectivity index (χ0v) is 10.5. The molecule has 0 saturated carbocycles. The SMILES string of the molecule is C=C/C=C(\C=NC)c1cccc2c1COC2CO. The highest BCUT2D eigenvalue weighted by Gasteiger charge is 2.25. The molecular formula is C15H17NO2. The first kappa shape index (κ1) is 12.7. The smallest absolute Gasteiger partial charge is 0.106 e. The van der Waals surface area contributed by atoms with Crippen LogP contribution in [-0.4, -0.2) is 25.0 Å². The van der Waals surface area contributed by atoms with Gasteiger partial charge in [-0.1, -0.05) is 36.9 Å². The third-order valence-electron chi connectivity index (χ3n) is 3.03. The van der Waals surface area contributed by atoms with Gasteiger partial charge in [-0.2, -0.15) is 0 Å². The lowest BCUT2D eigenvalue weighted by Crippen LogP contribution is -2.01. The van der Waals surface area contributed by atoms with Crippen molar-refractivity contribution in [2.45, 2.75) is 12.7 Å². The molecule has 0 amide bonds. The number of fused-ring (bicyclic) bond motifs is 1. The van der Waals surface area contributed by atoms with Crippen molar-refractivity contribution in [3.8, 4) is 0 Å². The van der Waals surface area contributed by atoms with Crippen molar-refractivity contribution in [2.75, 3.05) is 13.7 Å². The molecule has 94 valence electrons. The Morgan fingerprint density at radius 3 is 3.11 bits per heavy atom. The fraction of sp³-hybridized carbons (Fsp3) is 0.267. The minimum atomic E-state index is -0.205. The van der Waals surface area contributed by atoms with Crippen LogP contribution in [0.1, 0.15) is 22.8 Å². The molecule has 3 nitrogen and oxygen atoms in total. The van der Waals surface area contributed by atoms with Gasteiger partial charge in [-0.25, -0.2) is 0 Å². The number of allylic oxidation sites excluding steroid dienone is 3. The first-order valence-electron chi connectivity index (χ1n) is 5.91. The summed E-state index contributed by atoms with van der Waals surface area (Å²) in [6, 6.07) is 6.02. The quantitative estimate of drug-likeness (QED) is 0.652. The van der Waals surface area contributed by atoms with E-state index in [2.05, 4.69) is 11.6 Å². The maximum atomic E-state index is 9.27. The van der Waals surface area contributed by atoms with E-state index in [-0.39, 0.29) is 12.7 Å². The maximum Gasteiger partial charge on any atom is 0.106 e. The van der Waals surface area contributed by atoms with Gasteiger partial charge in [0.05, 0.1) is 13.2 Å². The summed E-state index contributed by atoms with van der Waals surface area (Å²) < 4.78 is 5.57. The Morgan fingerprint density at radius 2 is 2.44 bits per heavy atom. The van der Waals surface area contributed by atoms with Crippen molar-refractivity contribution >= 4 is 11.8 Å². The van der Waals surface area contributed by atoms with Gasteiger partial charge in [-0.15, -0.1) is 0 Å². The summed E-state index contributed by atoms with van der Waals surface area (Å²) in [4.78, 5) is 4.06. The molecule has 0 radical (unpaired) electrons. The minimum Gasteiger partial charge on any atom is -0.393 e. The molecule has 0 spiro atoms. The summed E-state index contributed by atoms with van der Waals surface area (Å²) in [6.07, 6.45) is 5.28. The molecule has 1 aliphatic heterocycles. The molecule has 18 heavy (non-hydrogen) atoms. The second-order valence-corrected chi connectivity index (χ2v) is 4.10. The van der Waals surface area contributed by atoms with Crippen molar-refractivity contribution in [2.24, 2.45) is 4.99 Å². The van der Waals surface area contributed by atoms with E-state index in [9.17, 15) is 5.11 Å². The van der Waals surface area contributed by atoms with Crippen LogP contribution in [0.5, 0.6) is 0 Å². The standard InChI is InChI=1S/C15H17NO2/c1-3-5-11(8-16-2)12-6-4-7-13-14(12)10-18-15(13)9-17/h3-8,15,17H,1,9-10H2,2H3/b11-5+,16-8?. The van der Waals surface area contributed by atoms with Gasteiger partial charge in [-0.3, -0.25) is 4.99 Å². The number of hydrogen-bond donors (Lipinski definition) is 1. The van der Waals surface area contributed by atoms with E-state index in [1.165, 1.54) is 0 Å². The first-order chi connectivity index (χ1) is 8.81. The Labute approximate surface area is 107 Å². The summed E-state index contributed by atoms with van der Waals surface area (Å²) in [7, 11) is 1.74. The van der Waals surface area contributed by atoms with Gasteiger partial charge in [0, 0.05) is 13.3 Å². The van der Waals surface area contributed by atoms with Crippen LogP contribution in [0.2, 0.25) is 0 Å². The average Bonchev–Trinajstić information content (AvgIpc) is 2.81. The summed E-state index contributed by atoms with van der Waals surface area (Å²) in [6.45, 7) is 4.27. The van der Waals surface area contributed by atoms with Crippen LogP contribution in [0, 0.1) is 0 Å². The van der Waals surface area contributed by atoms with Crippen LogP contribution in [0.3, 0.4) is 0 Å². The number of aliphatic imine (C=N–C) groups is 1. The Kier molecular flexibility index (Phi) is 4.07. The maximum absolute atomic E-state index is 9.27. The van der Waals surface area contributed by atoms with Crippen molar-refractivity contribution in [1.82, 2.24) is 0 Å². The number of benzene rings is 1. The molecular weight excluding hydrogens is 226 g/mol. The number of aliphatic hydroxyl groups excluding tert-OH is 1. The second-order valence-electron chi connectivity index (χ2n) is 4.10. The Morgan fingerprint density at radius 1 is 1.61 bits per heavy atom. The third-order valence-corrected chi connectivity index (χ3v) is 3.03. The third kappa shape index (κ3) is 2.28. The Hall–Kier alpha value is -1.71. The van der Waals surface area contributed by atoms with E-state index >= 15 is 0 Å². The molecule has 1 heterocycles. The van der Waals surface area contributed by atoms with Crippen molar-refractivity contribution in [3.05, 3.63) is 53.6 Å². The molecule has 0 aromatic heterocycles. The van der Waals surface area contributed by atoms with Crippen LogP contribution in [0.4, 0.5) is 0 Å². The fourth-order valence-electron chi connectivity index (χ4n) is 2.23. The molecule has 0 bridgehead atoms. The molecule has 0 aliphatic carbocycles. The van der Waals surface area contributed by atoms with Gasteiger partial charge in [0.2, 0.25) is 0 Å². The molecule has 1 aliphatic rings. The number of ether oxygens (including phenoxy) is 1. The van der Waals surface area contributed by atoms with E-state index in [4.69, 9.17) is 4.74 Å². The van der Waals surface area contributed by atoms with Gasteiger partial charge < -0.3 is 9.84 Å². The summed E-state index contributed by atoms with van der Waals surface area (Å²) >= 11 is 0. The predicted molar refractivity (Wildman–Crippen MR) is 73.6 cm³/mol. The lowest BCUT2D eigenvalue weighted by molar-refractivity contribution is 0.0233. The molecule has 1 aromatic rings. The van der Waals surface area contributed by atoms with Crippen molar-refractivity contribution < 1.29 is 9.84 Å². The number of nitrogens with zero attached hydrogens (tertiary/aromatic N) is 1. The van der Waals surface area contributed by atoms with Crippen LogP contribution >= 0.6 is 0 Å². The number of aliphatic hydroxyl groups is 1. The Balaban J connectivity index is 2.50. The van der Waals surface area contributed by atoms with Gasteiger partial charge >= 0.3 is 0 Å². The average molecular weight is 243 g/mol. The van der Waals surface area contributed by atoms with E-state index in [1.54, 1.807) is 13.1 Å². The largest absolute Gasteiger partial charge is 0.393 e. The number of rotatable bonds is 4. The molecule has 1 N–H and O–H groups in total. The molecule has 0 fully saturated rings. The van der Waals surface area contributed by atoms with Crippen molar-refractivity contribution in [1.29, 1.82) is 0 Å². The molecule has 2 rings (SSSR count). The normalized spacial score (nSPS) is 19.2. The molecule has 1 unspecified atom stereocenters. The zero-order chi connectivity index (χ0) is 13.0.